The van der Waals surface area contributed by atoms with Gasteiger partial charge in [-0.15, -0.1) is 12.4 Å². The minimum atomic E-state index is -1.40. The topological polar surface area (TPSA) is 146 Å². The smallest absolute Gasteiger partial charge is 0.543 e. The number of hydrogen-bond donors (Lipinski definition) is 3. The molecule has 0 aliphatic carbocycles. The number of aromatic carboxylic acids is 1. The van der Waals surface area contributed by atoms with E-state index in [4.69, 9.17) is 10.5 Å². The number of aromatic nitrogens is 3. The van der Waals surface area contributed by atoms with E-state index in [1.54, 1.807) is 0 Å². The van der Waals surface area contributed by atoms with Gasteiger partial charge in [0.15, 0.2) is 0 Å². The number of carbonyl (C=O) groups is 2. The van der Waals surface area contributed by atoms with E-state index in [1.165, 1.54) is 24.2 Å². The van der Waals surface area contributed by atoms with Crippen LogP contribution >= 0.6 is 12.4 Å². The van der Waals surface area contributed by atoms with Gasteiger partial charge in [0.1, 0.15) is 23.3 Å². The Morgan fingerprint density at radius 2 is 2.10 bits per heavy atom. The fraction of sp³-hybridized carbons (Fsp3) is 0.222. The van der Waals surface area contributed by atoms with E-state index >= 15 is 0 Å². The second kappa shape index (κ2) is 11.6. The Labute approximate surface area is 215 Å². The van der Waals surface area contributed by atoms with Gasteiger partial charge in [-0.05, 0) is 17.2 Å². The molecule has 0 saturated carbocycles. The number of H-pyrrole nitrogens is 1. The second-order valence-electron chi connectivity index (χ2n) is 5.86. The van der Waals surface area contributed by atoms with Gasteiger partial charge in [0.25, 0.3) is 0 Å². The largest absolute Gasteiger partial charge is 1.00 e. The fourth-order valence-electron chi connectivity index (χ4n) is 2.75. The third kappa shape index (κ3) is 6.22. The Kier molecular flexibility index (Phi) is 10.2. The monoisotopic (exact) mass is 443 g/mol. The summed E-state index contributed by atoms with van der Waals surface area (Å²) in [6.07, 6.45) is 3.59. The van der Waals surface area contributed by atoms with Crippen molar-refractivity contribution in [2.75, 3.05) is 11.9 Å². The maximum atomic E-state index is 10.9. The Balaban J connectivity index is 0.000000286. The number of nitrogens with one attached hydrogen (secondary N) is 2. The summed E-state index contributed by atoms with van der Waals surface area (Å²) in [5, 5.41) is 13.3. The Morgan fingerprint density at radius 3 is 2.76 bits per heavy atom. The quantitative estimate of drug-likeness (QED) is 0.389. The number of halogens is 1. The molecule has 3 heterocycles. The van der Waals surface area contributed by atoms with Crippen LogP contribution in [0, 0.1) is 0 Å². The van der Waals surface area contributed by atoms with Gasteiger partial charge >= 0.3 is 51.4 Å². The molecule has 2 aromatic heterocycles. The molecule has 0 atom stereocenters. The van der Waals surface area contributed by atoms with E-state index < -0.39 is 5.97 Å². The number of hydrogen-bond acceptors (Lipinski definition) is 7. The zero-order valence-electron chi connectivity index (χ0n) is 16.0. The molecule has 148 valence electrons. The number of carboxylic acids is 1. The maximum absolute atomic E-state index is 10.9. The molecule has 0 radical (unpaired) electrons. The molecule has 29 heavy (non-hydrogen) atoms. The molecule has 1 aromatic carbocycles. The number of aromatic amines is 1. The third-order valence-corrected chi connectivity index (χ3v) is 3.96. The summed E-state index contributed by atoms with van der Waals surface area (Å²) in [5.74, 6) is -0.639. The summed E-state index contributed by atoms with van der Waals surface area (Å²) in [6.45, 7) is 2.79. The number of carboxylic acid groups (broad SMARTS) is 1. The van der Waals surface area contributed by atoms with Gasteiger partial charge in [0.2, 0.25) is 5.91 Å². The van der Waals surface area contributed by atoms with E-state index in [-0.39, 0.29) is 80.9 Å². The fourth-order valence-corrected chi connectivity index (χ4v) is 2.75. The SMILES string of the molecule is CC(=O)Nc1c[nH]c2c(C(=O)[O-])ncnc12.Cl.NCc1ccc2c(c1)CCO2.[K+]. The van der Waals surface area contributed by atoms with Crippen LogP contribution in [-0.2, 0) is 17.8 Å². The number of ether oxygens (including phenoxy) is 1. The van der Waals surface area contributed by atoms with Crippen molar-refractivity contribution in [2.24, 2.45) is 5.73 Å². The van der Waals surface area contributed by atoms with Crippen LogP contribution in [0.1, 0.15) is 28.5 Å². The van der Waals surface area contributed by atoms with Crippen LogP contribution in [0.4, 0.5) is 5.69 Å². The van der Waals surface area contributed by atoms with Gasteiger partial charge in [0.05, 0.1) is 23.8 Å². The zero-order valence-corrected chi connectivity index (χ0v) is 20.0. The van der Waals surface area contributed by atoms with Crippen LogP contribution in [0.25, 0.3) is 11.0 Å². The molecular weight excluding hydrogens is 425 g/mol. The van der Waals surface area contributed by atoms with Crippen molar-refractivity contribution in [2.45, 2.75) is 19.9 Å². The molecule has 4 rings (SSSR count). The van der Waals surface area contributed by atoms with Gasteiger partial charge in [0, 0.05) is 26.1 Å². The molecule has 0 fully saturated rings. The number of nitrogens with zero attached hydrogens (tertiary/aromatic N) is 2. The first kappa shape index (κ1) is 25.5. The van der Waals surface area contributed by atoms with Gasteiger partial charge in [-0.2, -0.15) is 0 Å². The van der Waals surface area contributed by atoms with Crippen molar-refractivity contribution >= 4 is 41.0 Å². The Bertz CT molecular complexity index is 1010. The summed E-state index contributed by atoms with van der Waals surface area (Å²) in [4.78, 5) is 31.8. The van der Waals surface area contributed by atoms with E-state index in [0.29, 0.717) is 17.7 Å². The molecule has 3 aromatic rings. The van der Waals surface area contributed by atoms with Crippen molar-refractivity contribution in [1.82, 2.24) is 15.0 Å². The molecule has 9 nitrogen and oxygen atoms in total. The number of rotatable bonds is 3. The van der Waals surface area contributed by atoms with Crippen LogP contribution in [0.2, 0.25) is 0 Å². The molecule has 0 saturated heterocycles. The first-order chi connectivity index (χ1) is 13.0. The van der Waals surface area contributed by atoms with Crippen LogP contribution < -0.4 is 72.3 Å². The third-order valence-electron chi connectivity index (χ3n) is 3.96. The minimum absolute atomic E-state index is 0. The second-order valence-corrected chi connectivity index (χ2v) is 5.86. The summed E-state index contributed by atoms with van der Waals surface area (Å²) in [7, 11) is 0. The average molecular weight is 444 g/mol. The predicted octanol–water partition coefficient (Wildman–Crippen LogP) is -2.21. The predicted molar refractivity (Wildman–Crippen MR) is 103 cm³/mol. The van der Waals surface area contributed by atoms with Gasteiger partial charge in [-0.25, -0.2) is 9.97 Å². The van der Waals surface area contributed by atoms with E-state index in [9.17, 15) is 14.7 Å². The summed E-state index contributed by atoms with van der Waals surface area (Å²) in [5.41, 5.74) is 8.73. The van der Waals surface area contributed by atoms with E-state index in [0.717, 1.165) is 25.1 Å². The first-order valence-electron chi connectivity index (χ1n) is 8.25. The van der Waals surface area contributed by atoms with Crippen LogP contribution in [0.15, 0.2) is 30.7 Å². The summed E-state index contributed by atoms with van der Waals surface area (Å²) >= 11 is 0. The molecular formula is C18H19ClKN5O4. The van der Waals surface area contributed by atoms with E-state index in [1.807, 2.05) is 12.1 Å². The van der Waals surface area contributed by atoms with Crippen LogP contribution in [0.3, 0.4) is 0 Å². The number of fused-ring (bicyclic) bond motifs is 2. The van der Waals surface area contributed by atoms with Crippen molar-refractivity contribution < 1.29 is 70.8 Å². The number of anilines is 1. The minimum Gasteiger partial charge on any atom is -0.543 e. The number of nitrogens with two attached hydrogens (primary N) is 1. The molecule has 0 bridgehead atoms. The molecule has 0 unspecified atom stereocenters. The van der Waals surface area contributed by atoms with Gasteiger partial charge in [-0.1, -0.05) is 12.1 Å². The summed E-state index contributed by atoms with van der Waals surface area (Å²) < 4.78 is 5.36. The zero-order chi connectivity index (χ0) is 19.4. The normalized spacial score (nSPS) is 11.1. The molecule has 0 spiro atoms. The maximum Gasteiger partial charge on any atom is 1.00 e. The van der Waals surface area contributed by atoms with Gasteiger partial charge < -0.3 is 30.7 Å². The molecule has 1 aliphatic rings. The first-order valence-corrected chi connectivity index (χ1v) is 8.25. The van der Waals surface area contributed by atoms with Crippen molar-refractivity contribution in [3.05, 3.63) is 47.5 Å². The van der Waals surface area contributed by atoms with Crippen LogP contribution in [0.5, 0.6) is 5.75 Å². The molecule has 11 heteroatoms. The molecule has 1 amide bonds. The van der Waals surface area contributed by atoms with Crippen molar-refractivity contribution in [1.29, 1.82) is 0 Å². The van der Waals surface area contributed by atoms with Gasteiger partial charge in [-0.3, -0.25) is 4.79 Å². The Morgan fingerprint density at radius 1 is 1.34 bits per heavy atom. The van der Waals surface area contributed by atoms with Crippen molar-refractivity contribution in [3.63, 3.8) is 0 Å². The molecule has 1 aliphatic heterocycles. The summed E-state index contributed by atoms with van der Waals surface area (Å²) in [6, 6.07) is 6.15. The van der Waals surface area contributed by atoms with E-state index in [2.05, 4.69) is 26.3 Å². The van der Waals surface area contributed by atoms with Crippen LogP contribution in [-0.4, -0.2) is 33.4 Å². The standard InChI is InChI=1S/C9H8N4O3.C9H11NO.ClH.K/c1-4(14)13-5-2-10-7-6(5)11-3-12-8(7)9(15)16;10-6-7-1-2-9-8(5-7)3-4-11-9;;/h2-3,10H,1H3,(H,13,14)(H,15,16);1-2,5H,3-4,6,10H2;1H;/q;;;+1/p-1. The number of carbonyl (C=O) groups excluding carboxylic acids is 2. The average Bonchev–Trinajstić information content (AvgIpc) is 3.28. The number of benzene rings is 1. The Hall–Kier alpha value is -1.53. The molecule has 4 N–H and O–H groups in total. The number of amides is 1. The van der Waals surface area contributed by atoms with Crippen molar-refractivity contribution in [3.8, 4) is 5.75 Å².